The van der Waals surface area contributed by atoms with Crippen LogP contribution in [0.1, 0.15) is 0 Å². The third-order valence-corrected chi connectivity index (χ3v) is 10.6. The molecule has 0 N–H and O–H groups in total. The molecule has 43 heavy (non-hydrogen) atoms. The van der Waals surface area contributed by atoms with Gasteiger partial charge in [0.05, 0.1) is 0 Å². The van der Waals surface area contributed by atoms with Crippen molar-refractivity contribution in [1.29, 1.82) is 0 Å². The average molecular weight is 572 g/mol. The van der Waals surface area contributed by atoms with E-state index in [4.69, 9.17) is 0 Å². The Bertz CT molecular complexity index is 2170. The third-order valence-electron chi connectivity index (χ3n) is 9.44. The Balaban J connectivity index is 1.40. The molecule has 4 aliphatic heterocycles. The normalized spacial score (nSPS) is 14.5. The maximum Gasteiger partial charge on any atom is 0.252 e. The third kappa shape index (κ3) is 2.95. The lowest BCUT2D eigenvalue weighted by atomic mass is 9.29. The summed E-state index contributed by atoms with van der Waals surface area (Å²) in [5.41, 5.74) is 12.2. The van der Waals surface area contributed by atoms with Crippen molar-refractivity contribution >= 4 is 92.1 Å². The number of benzene rings is 6. The first-order valence-electron chi connectivity index (χ1n) is 14.5. The highest BCUT2D eigenvalue weighted by Gasteiger charge is 2.50. The van der Waals surface area contributed by atoms with Gasteiger partial charge in [0.25, 0.3) is 6.71 Å². The van der Waals surface area contributed by atoms with Crippen molar-refractivity contribution in [3.8, 4) is 0 Å². The van der Waals surface area contributed by atoms with Gasteiger partial charge in [0.2, 0.25) is 6.71 Å². The van der Waals surface area contributed by atoms with Gasteiger partial charge < -0.3 is 9.80 Å². The first kappa shape index (κ1) is 23.8. The summed E-state index contributed by atoms with van der Waals surface area (Å²) in [7, 11) is 0. The monoisotopic (exact) mass is 572 g/mol. The van der Waals surface area contributed by atoms with Crippen LogP contribution in [-0.2, 0) is 0 Å². The molecule has 0 amide bonds. The Labute approximate surface area is 252 Å². The highest BCUT2D eigenvalue weighted by Crippen LogP contribution is 2.48. The topological polar surface area (TPSA) is 6.48 Å². The summed E-state index contributed by atoms with van der Waals surface area (Å²) in [4.78, 5) is 6.57. The molecule has 10 rings (SSSR count). The van der Waals surface area contributed by atoms with Crippen molar-refractivity contribution in [3.05, 3.63) is 133 Å². The van der Waals surface area contributed by atoms with Gasteiger partial charge in [-0.15, -0.1) is 0 Å². The standard InChI is InChI=1S/C36H20B2F2N2S/c39-25-14-9-15-26(40)35(25)42-29-18-7-2-11-22(29)37-21-10-1-5-16-27(21)41-28-17-6-3-12-23(28)38-24-13-4-8-19-31(24)43-32-20-30(42)33(37)36(41)34(32)38/h1-20H. The van der Waals surface area contributed by atoms with E-state index < -0.39 is 11.6 Å². The van der Waals surface area contributed by atoms with Gasteiger partial charge in [0, 0.05) is 38.2 Å². The molecule has 2 nitrogen and oxygen atoms in total. The molecular weight excluding hydrogens is 552 g/mol. The van der Waals surface area contributed by atoms with Gasteiger partial charge >= 0.3 is 0 Å². The number of fused-ring (bicyclic) bond motifs is 10. The number of rotatable bonds is 1. The molecule has 0 unspecified atom stereocenters. The second-order valence-electron chi connectivity index (χ2n) is 11.5. The molecule has 0 radical (unpaired) electrons. The van der Waals surface area contributed by atoms with E-state index >= 15 is 8.78 Å². The van der Waals surface area contributed by atoms with E-state index in [0.717, 1.165) is 44.3 Å². The number of para-hydroxylation sites is 4. The fraction of sp³-hybridized carbons (Fsp3) is 0. The van der Waals surface area contributed by atoms with Gasteiger partial charge in [0.15, 0.2) is 0 Å². The van der Waals surface area contributed by atoms with Crippen molar-refractivity contribution in [1.82, 2.24) is 0 Å². The molecule has 0 saturated carbocycles. The zero-order valence-corrected chi connectivity index (χ0v) is 23.6. The van der Waals surface area contributed by atoms with Crippen LogP contribution in [0.2, 0.25) is 0 Å². The number of halogens is 2. The minimum Gasteiger partial charge on any atom is -0.312 e. The Morgan fingerprint density at radius 2 is 0.930 bits per heavy atom. The molecule has 0 atom stereocenters. The van der Waals surface area contributed by atoms with E-state index in [1.165, 1.54) is 44.9 Å². The molecule has 0 bridgehead atoms. The minimum absolute atomic E-state index is 0.0452. The summed E-state index contributed by atoms with van der Waals surface area (Å²) in [6.07, 6.45) is 0. The molecule has 0 saturated heterocycles. The SMILES string of the molecule is Fc1cccc(F)c1N1c2ccccc2B2c3ccccc3N3c4ccccc4B4c5ccccc5Sc5cc1c2c3c54. The van der Waals surface area contributed by atoms with Crippen molar-refractivity contribution < 1.29 is 8.78 Å². The second-order valence-corrected chi connectivity index (χ2v) is 12.6. The van der Waals surface area contributed by atoms with Crippen LogP contribution in [0.25, 0.3) is 0 Å². The van der Waals surface area contributed by atoms with Crippen LogP contribution in [0.15, 0.2) is 131 Å². The molecule has 0 spiro atoms. The van der Waals surface area contributed by atoms with E-state index in [0.29, 0.717) is 0 Å². The molecule has 4 aliphatic rings. The van der Waals surface area contributed by atoms with Crippen molar-refractivity contribution in [2.45, 2.75) is 9.79 Å². The lowest BCUT2D eigenvalue weighted by molar-refractivity contribution is 0.586. The van der Waals surface area contributed by atoms with E-state index in [-0.39, 0.29) is 19.1 Å². The van der Waals surface area contributed by atoms with Crippen LogP contribution in [-0.4, -0.2) is 13.4 Å². The first-order valence-corrected chi connectivity index (χ1v) is 15.3. The van der Waals surface area contributed by atoms with Crippen molar-refractivity contribution in [3.63, 3.8) is 0 Å². The number of hydrogen-bond donors (Lipinski definition) is 0. The van der Waals surface area contributed by atoms with E-state index in [2.05, 4.69) is 89.8 Å². The maximum atomic E-state index is 15.7. The quantitative estimate of drug-likeness (QED) is 0.246. The van der Waals surface area contributed by atoms with E-state index in [9.17, 15) is 0 Å². The molecule has 0 fully saturated rings. The Morgan fingerprint density at radius 1 is 0.442 bits per heavy atom. The molecule has 0 aromatic heterocycles. The van der Waals surface area contributed by atoms with Crippen molar-refractivity contribution in [2.75, 3.05) is 9.80 Å². The number of hydrogen-bond acceptors (Lipinski definition) is 3. The van der Waals surface area contributed by atoms with Gasteiger partial charge in [-0.1, -0.05) is 96.1 Å². The number of anilines is 6. The van der Waals surface area contributed by atoms with E-state index in [1.807, 2.05) is 23.1 Å². The van der Waals surface area contributed by atoms with Gasteiger partial charge in [0.1, 0.15) is 17.3 Å². The predicted molar refractivity (Wildman–Crippen MR) is 176 cm³/mol. The minimum atomic E-state index is -0.582. The lowest BCUT2D eigenvalue weighted by Gasteiger charge is -2.49. The largest absolute Gasteiger partial charge is 0.312 e. The molecular formula is C36H20B2F2N2S. The van der Waals surface area contributed by atoms with Crippen LogP contribution in [0, 0.1) is 11.6 Å². The lowest BCUT2D eigenvalue weighted by Crippen LogP contribution is -2.68. The average Bonchev–Trinajstić information content (AvgIpc) is 3.04. The first-order chi connectivity index (χ1) is 21.2. The fourth-order valence-corrected chi connectivity index (χ4v) is 9.06. The van der Waals surface area contributed by atoms with Crippen LogP contribution in [0.4, 0.5) is 42.9 Å². The molecule has 6 aromatic carbocycles. The molecule has 4 heterocycles. The number of nitrogens with zero attached hydrogens (tertiary/aromatic N) is 2. The molecule has 200 valence electrons. The van der Waals surface area contributed by atoms with Crippen LogP contribution >= 0.6 is 11.8 Å². The summed E-state index contributed by atoms with van der Waals surface area (Å²) in [5, 5.41) is 0. The van der Waals surface area contributed by atoms with Crippen LogP contribution in [0.3, 0.4) is 0 Å². The molecule has 6 aromatic rings. The summed E-state index contributed by atoms with van der Waals surface area (Å²) in [6, 6.07) is 40.4. The Hall–Kier alpha value is -4.74. The highest BCUT2D eigenvalue weighted by molar-refractivity contribution is 8.00. The van der Waals surface area contributed by atoms with Gasteiger partial charge in [-0.05, 0) is 69.8 Å². The highest BCUT2D eigenvalue weighted by atomic mass is 32.2. The molecule has 7 heteroatoms. The summed E-state index contributed by atoms with van der Waals surface area (Å²) in [6.45, 7) is -0.0277. The Morgan fingerprint density at radius 3 is 1.53 bits per heavy atom. The molecule has 0 aliphatic carbocycles. The van der Waals surface area contributed by atoms with Crippen LogP contribution < -0.4 is 42.6 Å². The van der Waals surface area contributed by atoms with Gasteiger partial charge in [-0.2, -0.15) is 0 Å². The van der Waals surface area contributed by atoms with E-state index in [1.54, 1.807) is 11.8 Å². The Kier molecular flexibility index (Phi) is 4.66. The van der Waals surface area contributed by atoms with Gasteiger partial charge in [-0.3, -0.25) is 0 Å². The maximum absolute atomic E-state index is 15.7. The second kappa shape index (κ2) is 8.42. The predicted octanol–water partition coefficient (Wildman–Crippen LogP) is 5.34. The van der Waals surface area contributed by atoms with Gasteiger partial charge in [-0.25, -0.2) is 8.78 Å². The fourth-order valence-electron chi connectivity index (χ4n) is 7.87. The smallest absolute Gasteiger partial charge is 0.252 e. The zero-order valence-electron chi connectivity index (χ0n) is 22.8. The summed E-state index contributed by atoms with van der Waals surface area (Å²) < 4.78 is 31.5. The summed E-state index contributed by atoms with van der Waals surface area (Å²) >= 11 is 1.75. The zero-order chi connectivity index (χ0) is 28.4. The summed E-state index contributed by atoms with van der Waals surface area (Å²) in [5.74, 6) is -1.16. The van der Waals surface area contributed by atoms with Crippen LogP contribution in [0.5, 0.6) is 0 Å². The van der Waals surface area contributed by atoms with Crippen molar-refractivity contribution in [2.24, 2.45) is 0 Å².